The molecule has 0 radical (unpaired) electrons. The summed E-state index contributed by atoms with van der Waals surface area (Å²) >= 11 is 0. The third-order valence-corrected chi connectivity index (χ3v) is 3.44. The Hall–Kier alpha value is -1.98. The Balaban J connectivity index is 2.16. The molecular weight excluding hydrogens is 252 g/mol. The third kappa shape index (κ3) is 3.31. The van der Waals surface area contributed by atoms with E-state index in [2.05, 4.69) is 47.7 Å². The molecule has 1 atom stereocenters. The van der Waals surface area contributed by atoms with Gasteiger partial charge in [-0.2, -0.15) is 5.10 Å². The molecule has 0 aliphatic carbocycles. The second kappa shape index (κ2) is 6.45. The summed E-state index contributed by atoms with van der Waals surface area (Å²) in [6.45, 7) is 4.21. The van der Waals surface area contributed by atoms with Crippen molar-refractivity contribution in [1.82, 2.24) is 15.6 Å². The smallest absolute Gasteiger partial charge is 0.233 e. The van der Waals surface area contributed by atoms with Crippen LogP contribution in [0.25, 0.3) is 0 Å². The van der Waals surface area contributed by atoms with Gasteiger partial charge in [0.15, 0.2) is 0 Å². The number of nitrogens with zero attached hydrogens (tertiary/aromatic N) is 2. The Morgan fingerprint density at radius 1 is 1.15 bits per heavy atom. The van der Waals surface area contributed by atoms with Gasteiger partial charge in [-0.25, -0.2) is 0 Å². The minimum Gasteiger partial charge on any atom is -0.480 e. The number of hydrazine groups is 1. The summed E-state index contributed by atoms with van der Waals surface area (Å²) in [6, 6.07) is 10.00. The van der Waals surface area contributed by atoms with Crippen LogP contribution in [0.4, 0.5) is 0 Å². The Bertz CT molecular complexity index is 569. The molecule has 0 aliphatic heterocycles. The minimum absolute atomic E-state index is 0.0736. The highest BCUT2D eigenvalue weighted by Gasteiger charge is 2.13. The lowest BCUT2D eigenvalue weighted by atomic mass is 9.99. The molecule has 1 heterocycles. The van der Waals surface area contributed by atoms with Gasteiger partial charge in [0.2, 0.25) is 5.88 Å². The summed E-state index contributed by atoms with van der Waals surface area (Å²) in [5.74, 6) is 6.14. The quantitative estimate of drug-likeness (QED) is 0.642. The molecule has 0 bridgehead atoms. The lowest BCUT2D eigenvalue weighted by Crippen LogP contribution is -2.30. The van der Waals surface area contributed by atoms with Crippen LogP contribution in [-0.2, 0) is 6.42 Å². The van der Waals surface area contributed by atoms with E-state index in [0.717, 1.165) is 12.1 Å². The monoisotopic (exact) mass is 272 g/mol. The molecule has 0 aliphatic rings. The second-order valence-electron chi connectivity index (χ2n) is 4.84. The molecule has 106 valence electrons. The highest BCUT2D eigenvalue weighted by molar-refractivity contribution is 5.31. The molecule has 0 amide bonds. The molecular formula is C15H20N4O. The number of benzene rings is 1. The summed E-state index contributed by atoms with van der Waals surface area (Å²) in [7, 11) is 1.57. The molecule has 5 heteroatoms. The molecule has 0 saturated carbocycles. The number of aryl methyl sites for hydroxylation is 2. The standard InChI is InChI=1S/C15H20N4O/c1-10-4-5-12(8-11(10)2)9-14(17-16)13-6-7-15(20-3)19-18-13/h4-8,14,17H,9,16H2,1-3H3. The number of nitrogens with one attached hydrogen (secondary N) is 1. The molecule has 20 heavy (non-hydrogen) atoms. The zero-order valence-electron chi connectivity index (χ0n) is 12.1. The first-order valence-corrected chi connectivity index (χ1v) is 6.54. The molecule has 0 saturated heterocycles. The summed E-state index contributed by atoms with van der Waals surface area (Å²) < 4.78 is 5.00. The zero-order valence-corrected chi connectivity index (χ0v) is 12.1. The molecule has 2 aromatic rings. The van der Waals surface area contributed by atoms with Crippen molar-refractivity contribution in [3.8, 4) is 5.88 Å². The number of hydrogen-bond donors (Lipinski definition) is 2. The summed E-state index contributed by atoms with van der Waals surface area (Å²) in [5, 5.41) is 8.11. The SMILES string of the molecule is COc1ccc(C(Cc2ccc(C)c(C)c2)NN)nn1. The van der Waals surface area contributed by atoms with E-state index in [4.69, 9.17) is 10.6 Å². The first kappa shape index (κ1) is 14.4. The van der Waals surface area contributed by atoms with Gasteiger partial charge in [0, 0.05) is 6.07 Å². The van der Waals surface area contributed by atoms with Crippen LogP contribution in [0, 0.1) is 13.8 Å². The number of aromatic nitrogens is 2. The van der Waals surface area contributed by atoms with Gasteiger partial charge in [0.05, 0.1) is 18.8 Å². The fourth-order valence-corrected chi connectivity index (χ4v) is 2.04. The van der Waals surface area contributed by atoms with Crippen molar-refractivity contribution in [3.63, 3.8) is 0 Å². The van der Waals surface area contributed by atoms with E-state index < -0.39 is 0 Å². The predicted octanol–water partition coefficient (Wildman–Crippen LogP) is 1.85. The Labute approximate surface area is 119 Å². The molecule has 1 aromatic heterocycles. The topological polar surface area (TPSA) is 73.1 Å². The van der Waals surface area contributed by atoms with Gasteiger partial charge in [0.25, 0.3) is 0 Å². The highest BCUT2D eigenvalue weighted by atomic mass is 16.5. The molecule has 5 nitrogen and oxygen atoms in total. The van der Waals surface area contributed by atoms with E-state index in [1.165, 1.54) is 16.7 Å². The Morgan fingerprint density at radius 2 is 1.95 bits per heavy atom. The molecule has 0 spiro atoms. The van der Waals surface area contributed by atoms with Crippen molar-refractivity contribution in [2.75, 3.05) is 7.11 Å². The molecule has 1 aromatic carbocycles. The van der Waals surface area contributed by atoms with Crippen LogP contribution in [0.3, 0.4) is 0 Å². The largest absolute Gasteiger partial charge is 0.480 e. The van der Waals surface area contributed by atoms with E-state index in [9.17, 15) is 0 Å². The predicted molar refractivity (Wildman–Crippen MR) is 78.3 cm³/mol. The van der Waals surface area contributed by atoms with Crippen molar-refractivity contribution >= 4 is 0 Å². The fraction of sp³-hybridized carbons (Fsp3) is 0.333. The number of nitrogens with two attached hydrogens (primary N) is 1. The average molecular weight is 272 g/mol. The van der Waals surface area contributed by atoms with Crippen molar-refractivity contribution in [2.45, 2.75) is 26.3 Å². The maximum absolute atomic E-state index is 5.64. The van der Waals surface area contributed by atoms with Gasteiger partial charge in [0.1, 0.15) is 0 Å². The third-order valence-electron chi connectivity index (χ3n) is 3.44. The molecule has 2 rings (SSSR count). The molecule has 3 N–H and O–H groups in total. The summed E-state index contributed by atoms with van der Waals surface area (Å²) in [4.78, 5) is 0. The number of rotatable bonds is 5. The number of ether oxygens (including phenoxy) is 1. The molecule has 1 unspecified atom stereocenters. The van der Waals surface area contributed by atoms with Gasteiger partial charge in [-0.1, -0.05) is 18.2 Å². The van der Waals surface area contributed by atoms with Crippen molar-refractivity contribution < 1.29 is 4.74 Å². The number of hydrogen-bond acceptors (Lipinski definition) is 5. The van der Waals surface area contributed by atoms with Gasteiger partial charge in [-0.15, -0.1) is 5.10 Å². The summed E-state index contributed by atoms with van der Waals surface area (Å²) in [5.41, 5.74) is 7.37. The van der Waals surface area contributed by atoms with Crippen LogP contribution in [0.5, 0.6) is 5.88 Å². The van der Waals surface area contributed by atoms with Crippen LogP contribution in [-0.4, -0.2) is 17.3 Å². The lowest BCUT2D eigenvalue weighted by molar-refractivity contribution is 0.389. The Kier molecular flexibility index (Phi) is 4.65. The van der Waals surface area contributed by atoms with E-state index >= 15 is 0 Å². The maximum atomic E-state index is 5.64. The normalized spacial score (nSPS) is 12.2. The van der Waals surface area contributed by atoms with Gasteiger partial charge in [-0.05, 0) is 43.0 Å². The van der Waals surface area contributed by atoms with Crippen LogP contribution in [0.2, 0.25) is 0 Å². The first-order valence-electron chi connectivity index (χ1n) is 6.54. The van der Waals surface area contributed by atoms with Crippen molar-refractivity contribution in [3.05, 3.63) is 52.7 Å². The Morgan fingerprint density at radius 3 is 2.50 bits per heavy atom. The summed E-state index contributed by atoms with van der Waals surface area (Å²) in [6.07, 6.45) is 0.763. The average Bonchev–Trinajstić information content (AvgIpc) is 2.48. The van der Waals surface area contributed by atoms with E-state index in [1.807, 2.05) is 6.07 Å². The van der Waals surface area contributed by atoms with Crippen molar-refractivity contribution in [2.24, 2.45) is 5.84 Å². The number of methoxy groups -OCH3 is 1. The molecule has 0 fully saturated rings. The van der Waals surface area contributed by atoms with E-state index in [0.29, 0.717) is 5.88 Å². The van der Waals surface area contributed by atoms with Gasteiger partial charge < -0.3 is 4.74 Å². The second-order valence-corrected chi connectivity index (χ2v) is 4.84. The highest BCUT2D eigenvalue weighted by Crippen LogP contribution is 2.18. The van der Waals surface area contributed by atoms with Gasteiger partial charge in [-0.3, -0.25) is 11.3 Å². The zero-order chi connectivity index (χ0) is 14.5. The van der Waals surface area contributed by atoms with Crippen LogP contribution in [0.15, 0.2) is 30.3 Å². The first-order chi connectivity index (χ1) is 9.63. The van der Waals surface area contributed by atoms with Crippen LogP contribution >= 0.6 is 0 Å². The van der Waals surface area contributed by atoms with Crippen molar-refractivity contribution in [1.29, 1.82) is 0 Å². The minimum atomic E-state index is -0.0736. The van der Waals surface area contributed by atoms with E-state index in [1.54, 1.807) is 13.2 Å². The maximum Gasteiger partial charge on any atom is 0.233 e. The lowest BCUT2D eigenvalue weighted by Gasteiger charge is -2.15. The van der Waals surface area contributed by atoms with Crippen LogP contribution in [0.1, 0.15) is 28.4 Å². The van der Waals surface area contributed by atoms with Crippen LogP contribution < -0.4 is 16.0 Å². The van der Waals surface area contributed by atoms with Gasteiger partial charge >= 0.3 is 0 Å². The fourth-order valence-electron chi connectivity index (χ4n) is 2.04. The van der Waals surface area contributed by atoms with E-state index in [-0.39, 0.29) is 6.04 Å².